The summed E-state index contributed by atoms with van der Waals surface area (Å²) in [6.45, 7) is 1.06. The lowest BCUT2D eigenvalue weighted by Gasteiger charge is -2.12. The summed E-state index contributed by atoms with van der Waals surface area (Å²) in [6, 6.07) is 14.4. The predicted molar refractivity (Wildman–Crippen MR) is 100 cm³/mol. The average molecular weight is 375 g/mol. The summed E-state index contributed by atoms with van der Waals surface area (Å²) in [6.07, 6.45) is 3.65. The maximum absolute atomic E-state index is 12.1. The van der Waals surface area contributed by atoms with Gasteiger partial charge >= 0.3 is 6.03 Å². The van der Waals surface area contributed by atoms with Crippen molar-refractivity contribution in [2.75, 3.05) is 5.32 Å². The molecule has 3 rings (SSSR count). The molecular formula is C18H16Cl2N4O. The average Bonchev–Trinajstić information content (AvgIpc) is 3.10. The SMILES string of the molecule is O=C(NCc1ccccc1Cn1cccn1)Nc1ccc(Cl)c(Cl)c1. The molecule has 0 bridgehead atoms. The number of hydrogen-bond acceptors (Lipinski definition) is 2. The van der Waals surface area contributed by atoms with E-state index in [9.17, 15) is 4.79 Å². The number of carbonyl (C=O) groups excluding carboxylic acids is 1. The van der Waals surface area contributed by atoms with E-state index in [0.717, 1.165) is 11.1 Å². The maximum atomic E-state index is 12.1. The number of nitrogens with zero attached hydrogens (tertiary/aromatic N) is 2. The molecule has 2 amide bonds. The largest absolute Gasteiger partial charge is 0.334 e. The third-order valence-electron chi connectivity index (χ3n) is 3.63. The summed E-state index contributed by atoms with van der Waals surface area (Å²) in [5, 5.41) is 10.6. The molecule has 0 atom stereocenters. The van der Waals surface area contributed by atoms with Gasteiger partial charge in [0.25, 0.3) is 0 Å². The van der Waals surface area contributed by atoms with E-state index in [1.54, 1.807) is 24.4 Å². The standard InChI is InChI=1S/C18H16Cl2N4O/c19-16-7-6-15(10-17(16)20)23-18(25)21-11-13-4-1-2-5-14(13)12-24-9-3-8-22-24/h1-10H,11-12H2,(H2,21,23,25). The van der Waals surface area contributed by atoms with Crippen LogP contribution in [0.5, 0.6) is 0 Å². The van der Waals surface area contributed by atoms with Crippen LogP contribution in [0.15, 0.2) is 60.9 Å². The highest BCUT2D eigenvalue weighted by Gasteiger charge is 2.07. The van der Waals surface area contributed by atoms with E-state index in [1.807, 2.05) is 41.2 Å². The second kappa shape index (κ2) is 8.05. The number of nitrogens with one attached hydrogen (secondary N) is 2. The van der Waals surface area contributed by atoms with Crippen molar-refractivity contribution in [3.63, 3.8) is 0 Å². The lowest BCUT2D eigenvalue weighted by Crippen LogP contribution is -2.28. The van der Waals surface area contributed by atoms with Crippen molar-refractivity contribution < 1.29 is 4.79 Å². The molecule has 0 saturated heterocycles. The van der Waals surface area contributed by atoms with Gasteiger partial charge in [-0.15, -0.1) is 0 Å². The molecule has 2 aromatic carbocycles. The molecule has 128 valence electrons. The van der Waals surface area contributed by atoms with Crippen molar-refractivity contribution in [1.29, 1.82) is 0 Å². The lowest BCUT2D eigenvalue weighted by molar-refractivity contribution is 0.251. The molecule has 0 aliphatic carbocycles. The third kappa shape index (κ3) is 4.75. The first-order valence-corrected chi connectivity index (χ1v) is 8.41. The van der Waals surface area contributed by atoms with Gasteiger partial charge in [0.1, 0.15) is 0 Å². The van der Waals surface area contributed by atoms with E-state index in [1.165, 1.54) is 0 Å². The first-order valence-electron chi connectivity index (χ1n) is 7.66. The number of amides is 2. The van der Waals surface area contributed by atoms with Gasteiger partial charge in [-0.25, -0.2) is 4.79 Å². The van der Waals surface area contributed by atoms with E-state index in [2.05, 4.69) is 15.7 Å². The van der Waals surface area contributed by atoms with Crippen molar-refractivity contribution in [1.82, 2.24) is 15.1 Å². The summed E-state index contributed by atoms with van der Waals surface area (Å²) in [5.41, 5.74) is 2.71. The van der Waals surface area contributed by atoms with Crippen molar-refractivity contribution in [3.05, 3.63) is 82.1 Å². The number of anilines is 1. The van der Waals surface area contributed by atoms with Crippen LogP contribution in [0.4, 0.5) is 10.5 Å². The Morgan fingerprint density at radius 1 is 1.04 bits per heavy atom. The smallest absolute Gasteiger partial charge is 0.319 e. The second-order valence-corrected chi connectivity index (χ2v) is 6.22. The number of benzene rings is 2. The molecule has 0 saturated carbocycles. The van der Waals surface area contributed by atoms with Crippen molar-refractivity contribution >= 4 is 34.9 Å². The van der Waals surface area contributed by atoms with Crippen LogP contribution < -0.4 is 10.6 Å². The van der Waals surface area contributed by atoms with E-state index in [4.69, 9.17) is 23.2 Å². The van der Waals surface area contributed by atoms with Crippen LogP contribution in [0.2, 0.25) is 10.0 Å². The molecule has 1 heterocycles. The molecule has 25 heavy (non-hydrogen) atoms. The second-order valence-electron chi connectivity index (χ2n) is 5.41. The van der Waals surface area contributed by atoms with Crippen LogP contribution in [0.25, 0.3) is 0 Å². The van der Waals surface area contributed by atoms with Crippen molar-refractivity contribution in [2.45, 2.75) is 13.1 Å². The first-order chi connectivity index (χ1) is 12.1. The molecule has 0 spiro atoms. The Hall–Kier alpha value is -2.50. The number of halogens is 2. The third-order valence-corrected chi connectivity index (χ3v) is 4.37. The summed E-state index contributed by atoms with van der Waals surface area (Å²) in [7, 11) is 0. The molecule has 0 aliphatic rings. The highest BCUT2D eigenvalue weighted by molar-refractivity contribution is 6.42. The minimum Gasteiger partial charge on any atom is -0.334 e. The van der Waals surface area contributed by atoms with Gasteiger partial charge in [-0.2, -0.15) is 5.10 Å². The Bertz CT molecular complexity index is 865. The molecule has 0 radical (unpaired) electrons. The highest BCUT2D eigenvalue weighted by Crippen LogP contribution is 2.24. The Kier molecular flexibility index (Phi) is 5.58. The molecule has 7 heteroatoms. The molecule has 5 nitrogen and oxygen atoms in total. The molecule has 3 aromatic rings. The minimum absolute atomic E-state index is 0.313. The Morgan fingerprint density at radius 2 is 1.84 bits per heavy atom. The fraction of sp³-hybridized carbons (Fsp3) is 0.111. The topological polar surface area (TPSA) is 59.0 Å². The lowest BCUT2D eigenvalue weighted by atomic mass is 10.1. The number of rotatable bonds is 5. The summed E-state index contributed by atoms with van der Waals surface area (Å²) >= 11 is 11.8. The summed E-state index contributed by atoms with van der Waals surface area (Å²) in [5.74, 6) is 0. The number of hydrogen-bond donors (Lipinski definition) is 2. The number of urea groups is 1. The zero-order valence-corrected chi connectivity index (χ0v) is 14.8. The normalized spacial score (nSPS) is 10.5. The van der Waals surface area contributed by atoms with Gasteiger partial charge in [-0.1, -0.05) is 47.5 Å². The van der Waals surface area contributed by atoms with Crippen LogP contribution in [-0.2, 0) is 13.1 Å². The maximum Gasteiger partial charge on any atom is 0.319 e. The Labute approximate surface area is 155 Å². The van der Waals surface area contributed by atoms with Gasteiger partial charge in [0.05, 0.1) is 16.6 Å². The fourth-order valence-corrected chi connectivity index (χ4v) is 2.68. The molecule has 0 unspecified atom stereocenters. The van der Waals surface area contributed by atoms with E-state index in [-0.39, 0.29) is 6.03 Å². The number of carbonyl (C=O) groups is 1. The fourth-order valence-electron chi connectivity index (χ4n) is 2.38. The van der Waals surface area contributed by atoms with Gasteiger partial charge in [0, 0.05) is 24.6 Å². The van der Waals surface area contributed by atoms with Gasteiger partial charge in [-0.3, -0.25) is 4.68 Å². The first kappa shape index (κ1) is 17.3. The van der Waals surface area contributed by atoms with Gasteiger partial charge < -0.3 is 10.6 Å². The molecular weight excluding hydrogens is 359 g/mol. The predicted octanol–water partition coefficient (Wildman–Crippen LogP) is 4.56. The quantitative estimate of drug-likeness (QED) is 0.687. The van der Waals surface area contributed by atoms with Gasteiger partial charge in [0.2, 0.25) is 0 Å². The van der Waals surface area contributed by atoms with Crippen LogP contribution in [-0.4, -0.2) is 15.8 Å². The molecule has 0 aliphatic heterocycles. The zero-order valence-electron chi connectivity index (χ0n) is 13.2. The van der Waals surface area contributed by atoms with E-state index < -0.39 is 0 Å². The summed E-state index contributed by atoms with van der Waals surface area (Å²) in [4.78, 5) is 12.1. The van der Waals surface area contributed by atoms with E-state index >= 15 is 0 Å². The Morgan fingerprint density at radius 3 is 2.56 bits per heavy atom. The van der Waals surface area contributed by atoms with Crippen LogP contribution in [0, 0.1) is 0 Å². The van der Waals surface area contributed by atoms with Crippen LogP contribution in [0.1, 0.15) is 11.1 Å². The van der Waals surface area contributed by atoms with Crippen LogP contribution >= 0.6 is 23.2 Å². The van der Waals surface area contributed by atoms with Gasteiger partial charge in [-0.05, 0) is 35.4 Å². The van der Waals surface area contributed by atoms with Gasteiger partial charge in [0.15, 0.2) is 0 Å². The monoisotopic (exact) mass is 374 g/mol. The zero-order chi connectivity index (χ0) is 17.6. The van der Waals surface area contributed by atoms with Crippen molar-refractivity contribution in [2.24, 2.45) is 0 Å². The molecule has 1 aromatic heterocycles. The minimum atomic E-state index is -0.313. The molecule has 2 N–H and O–H groups in total. The Balaban J connectivity index is 1.61. The number of aromatic nitrogens is 2. The highest BCUT2D eigenvalue weighted by atomic mass is 35.5. The van der Waals surface area contributed by atoms with E-state index in [0.29, 0.717) is 28.8 Å². The summed E-state index contributed by atoms with van der Waals surface area (Å²) < 4.78 is 1.84. The molecule has 0 fully saturated rings. The van der Waals surface area contributed by atoms with Crippen molar-refractivity contribution in [3.8, 4) is 0 Å². The van der Waals surface area contributed by atoms with Crippen LogP contribution in [0.3, 0.4) is 0 Å².